The van der Waals surface area contributed by atoms with Crippen molar-refractivity contribution in [3.8, 4) is 5.69 Å². The summed E-state index contributed by atoms with van der Waals surface area (Å²) in [4.78, 5) is 33.3. The van der Waals surface area contributed by atoms with E-state index in [-0.39, 0.29) is 11.5 Å². The molecule has 0 saturated heterocycles. The Morgan fingerprint density at radius 3 is 2.38 bits per heavy atom. The Balaban J connectivity index is 1.92. The summed E-state index contributed by atoms with van der Waals surface area (Å²) in [5, 5.41) is 0.461. The molecule has 0 aliphatic heterocycles. The van der Waals surface area contributed by atoms with Crippen LogP contribution >= 0.6 is 0 Å². The van der Waals surface area contributed by atoms with Gasteiger partial charge in [-0.3, -0.25) is 14.2 Å². The predicted octanol–water partition coefficient (Wildman–Crippen LogP) is 5.06. The van der Waals surface area contributed by atoms with Crippen molar-refractivity contribution >= 4 is 16.8 Å². The molecule has 1 aromatic heterocycles. The van der Waals surface area contributed by atoms with Gasteiger partial charge in [0, 0.05) is 12.6 Å². The van der Waals surface area contributed by atoms with Gasteiger partial charge in [-0.05, 0) is 61.4 Å². The van der Waals surface area contributed by atoms with Crippen LogP contribution < -0.4 is 5.56 Å². The maximum atomic E-state index is 13.6. The molecule has 0 aliphatic rings. The van der Waals surface area contributed by atoms with Crippen LogP contribution in [0.2, 0.25) is 0 Å². The van der Waals surface area contributed by atoms with E-state index >= 15 is 0 Å². The third kappa shape index (κ3) is 3.80. The lowest BCUT2D eigenvalue weighted by molar-refractivity contribution is 0.0716. The van der Waals surface area contributed by atoms with Gasteiger partial charge < -0.3 is 4.90 Å². The van der Waals surface area contributed by atoms with Crippen LogP contribution in [0.3, 0.4) is 0 Å². The number of carbonyl (C=O) groups excluding carboxylic acids is 1. The lowest BCUT2D eigenvalue weighted by Gasteiger charge is -2.29. The maximum absolute atomic E-state index is 13.6. The summed E-state index contributed by atoms with van der Waals surface area (Å²) >= 11 is 0. The molecule has 1 atom stereocenters. The number of hydrogen-bond donors (Lipinski definition) is 0. The number of amides is 1. The standard InChI is InChI=1S/C26H24FN3O2/c1-4-23(29(3)25(31)20-10-6-5-9-17(20)2)24-28-22-12-8-7-11-21(22)26(32)30(24)19-15-13-18(27)14-16-19/h5-16,23H,4H2,1-3H3. The topological polar surface area (TPSA) is 55.2 Å². The molecule has 0 spiro atoms. The molecule has 1 unspecified atom stereocenters. The predicted molar refractivity (Wildman–Crippen MR) is 124 cm³/mol. The van der Waals surface area contributed by atoms with E-state index in [1.165, 1.54) is 16.7 Å². The monoisotopic (exact) mass is 429 g/mol. The first-order chi connectivity index (χ1) is 15.4. The van der Waals surface area contributed by atoms with Crippen LogP contribution in [0.15, 0.2) is 77.6 Å². The van der Waals surface area contributed by atoms with Crippen molar-refractivity contribution in [1.82, 2.24) is 14.5 Å². The number of aryl methyl sites for hydroxylation is 1. The minimum absolute atomic E-state index is 0.150. The lowest BCUT2D eigenvalue weighted by atomic mass is 10.1. The summed E-state index contributed by atoms with van der Waals surface area (Å²) in [6, 6.07) is 19.8. The molecule has 4 rings (SSSR count). The zero-order valence-corrected chi connectivity index (χ0v) is 18.2. The minimum Gasteiger partial charge on any atom is -0.332 e. The summed E-state index contributed by atoms with van der Waals surface area (Å²) < 4.78 is 15.1. The highest BCUT2D eigenvalue weighted by molar-refractivity contribution is 5.95. The molecule has 5 nitrogen and oxygen atoms in total. The Morgan fingerprint density at radius 1 is 1.03 bits per heavy atom. The molecule has 32 heavy (non-hydrogen) atoms. The number of hydrogen-bond acceptors (Lipinski definition) is 3. The first-order valence-corrected chi connectivity index (χ1v) is 10.5. The molecule has 0 N–H and O–H groups in total. The van der Waals surface area contributed by atoms with Crippen LogP contribution in [-0.4, -0.2) is 27.4 Å². The highest BCUT2D eigenvalue weighted by atomic mass is 19.1. The van der Waals surface area contributed by atoms with E-state index in [1.807, 2.05) is 38.1 Å². The Morgan fingerprint density at radius 2 is 1.69 bits per heavy atom. The molecular formula is C26H24FN3O2. The molecule has 0 aliphatic carbocycles. The molecule has 1 heterocycles. The van der Waals surface area contributed by atoms with Crippen LogP contribution in [0.4, 0.5) is 4.39 Å². The Bertz CT molecular complexity index is 1350. The fourth-order valence-electron chi connectivity index (χ4n) is 3.99. The van der Waals surface area contributed by atoms with Gasteiger partial charge >= 0.3 is 0 Å². The minimum atomic E-state index is -0.468. The van der Waals surface area contributed by atoms with E-state index in [2.05, 4.69) is 0 Å². The van der Waals surface area contributed by atoms with Gasteiger partial charge in [0.05, 0.1) is 22.6 Å². The average molecular weight is 429 g/mol. The van der Waals surface area contributed by atoms with Gasteiger partial charge in [0.15, 0.2) is 0 Å². The van der Waals surface area contributed by atoms with E-state index in [0.29, 0.717) is 34.4 Å². The highest BCUT2D eigenvalue weighted by Crippen LogP contribution is 2.27. The molecule has 0 fully saturated rings. The van der Waals surface area contributed by atoms with Crippen molar-refractivity contribution in [2.24, 2.45) is 0 Å². The van der Waals surface area contributed by atoms with Gasteiger partial charge in [-0.1, -0.05) is 37.3 Å². The van der Waals surface area contributed by atoms with Crippen LogP contribution in [0.1, 0.15) is 41.1 Å². The second kappa shape index (κ2) is 8.75. The summed E-state index contributed by atoms with van der Waals surface area (Å²) in [5.74, 6) is -0.105. The van der Waals surface area contributed by atoms with Gasteiger partial charge in [-0.15, -0.1) is 0 Å². The van der Waals surface area contributed by atoms with Crippen LogP contribution in [0.5, 0.6) is 0 Å². The number of aromatic nitrogens is 2. The van der Waals surface area contributed by atoms with Crippen molar-refractivity contribution < 1.29 is 9.18 Å². The Kier molecular flexibility index (Phi) is 5.86. The van der Waals surface area contributed by atoms with E-state index < -0.39 is 11.9 Å². The van der Waals surface area contributed by atoms with Crippen molar-refractivity contribution in [2.45, 2.75) is 26.3 Å². The van der Waals surface area contributed by atoms with Crippen LogP contribution in [0, 0.1) is 12.7 Å². The number of benzene rings is 3. The number of rotatable bonds is 5. The van der Waals surface area contributed by atoms with Gasteiger partial charge in [0.2, 0.25) is 0 Å². The zero-order chi connectivity index (χ0) is 22.8. The summed E-state index contributed by atoms with van der Waals surface area (Å²) in [7, 11) is 1.72. The van der Waals surface area contributed by atoms with Crippen molar-refractivity contribution in [3.63, 3.8) is 0 Å². The van der Waals surface area contributed by atoms with Crippen LogP contribution in [0.25, 0.3) is 16.6 Å². The fourth-order valence-corrected chi connectivity index (χ4v) is 3.99. The molecule has 0 bridgehead atoms. The van der Waals surface area contributed by atoms with Gasteiger partial charge in [-0.2, -0.15) is 0 Å². The molecule has 1 amide bonds. The van der Waals surface area contributed by atoms with E-state index in [4.69, 9.17) is 4.98 Å². The second-order valence-electron chi connectivity index (χ2n) is 7.76. The number of halogens is 1. The Hall–Kier alpha value is -3.80. The van der Waals surface area contributed by atoms with Crippen molar-refractivity contribution in [1.29, 1.82) is 0 Å². The summed E-state index contributed by atoms with van der Waals surface area (Å²) in [5.41, 5.74) is 2.28. The maximum Gasteiger partial charge on any atom is 0.266 e. The normalized spacial score (nSPS) is 12.0. The Labute approximate surface area is 185 Å². The molecule has 3 aromatic carbocycles. The van der Waals surface area contributed by atoms with Crippen LogP contribution in [-0.2, 0) is 0 Å². The second-order valence-corrected chi connectivity index (χ2v) is 7.76. The van der Waals surface area contributed by atoms with Crippen molar-refractivity contribution in [2.75, 3.05) is 7.05 Å². The number of carbonyl (C=O) groups is 1. The smallest absolute Gasteiger partial charge is 0.266 e. The lowest BCUT2D eigenvalue weighted by Crippen LogP contribution is -2.36. The largest absolute Gasteiger partial charge is 0.332 e. The molecule has 0 saturated carbocycles. The molecule has 0 radical (unpaired) electrons. The number of para-hydroxylation sites is 1. The van der Waals surface area contributed by atoms with Gasteiger partial charge in [0.25, 0.3) is 11.5 Å². The van der Waals surface area contributed by atoms with E-state index in [1.54, 1.807) is 48.3 Å². The molecule has 4 aromatic rings. The fraction of sp³-hybridized carbons (Fsp3) is 0.192. The van der Waals surface area contributed by atoms with Crippen molar-refractivity contribution in [3.05, 3.63) is 106 Å². The first-order valence-electron chi connectivity index (χ1n) is 10.5. The summed E-state index contributed by atoms with van der Waals surface area (Å²) in [6.45, 7) is 3.84. The SMILES string of the molecule is CCC(c1nc2ccccc2c(=O)n1-c1ccc(F)cc1)N(C)C(=O)c1ccccc1C. The number of nitrogens with zero attached hydrogens (tertiary/aromatic N) is 3. The first kappa shape index (κ1) is 21.4. The zero-order valence-electron chi connectivity index (χ0n) is 18.2. The third-order valence-electron chi connectivity index (χ3n) is 5.73. The third-order valence-corrected chi connectivity index (χ3v) is 5.73. The molecule has 6 heteroatoms. The molecular weight excluding hydrogens is 405 g/mol. The highest BCUT2D eigenvalue weighted by Gasteiger charge is 2.27. The quantitative estimate of drug-likeness (QED) is 0.446. The van der Waals surface area contributed by atoms with E-state index in [0.717, 1.165) is 5.56 Å². The van der Waals surface area contributed by atoms with E-state index in [9.17, 15) is 14.0 Å². The van der Waals surface area contributed by atoms with Gasteiger partial charge in [0.1, 0.15) is 11.6 Å². The molecule has 162 valence electrons. The van der Waals surface area contributed by atoms with Gasteiger partial charge in [-0.25, -0.2) is 9.37 Å². The summed E-state index contributed by atoms with van der Waals surface area (Å²) in [6.07, 6.45) is 0.542. The number of fused-ring (bicyclic) bond motifs is 1. The average Bonchev–Trinajstić information content (AvgIpc) is 2.80.